The molecule has 1 aromatic heterocycles. The van der Waals surface area contributed by atoms with E-state index in [1.165, 1.54) is 17.0 Å². The molecule has 0 N–H and O–H groups in total. The van der Waals surface area contributed by atoms with E-state index in [-0.39, 0.29) is 29.8 Å². The van der Waals surface area contributed by atoms with Crippen LogP contribution < -0.4 is 0 Å². The number of halogens is 3. The molecule has 10 heteroatoms. The predicted octanol–water partition coefficient (Wildman–Crippen LogP) is 3.16. The Morgan fingerprint density at radius 2 is 1.83 bits per heavy atom. The minimum absolute atomic E-state index is 0.0622. The standard InChI is InChI=1S/C20H23F3N4O3/c1-3-16-24-17(30-25-16)12-26(2)18(28)14-8-10-27(11-9-14)19(29)13-4-6-15(7-5-13)20(21,22)23/h4-7,14H,3,8-12H2,1-2H3. The Morgan fingerprint density at radius 3 is 2.37 bits per heavy atom. The van der Waals surface area contributed by atoms with Crippen LogP contribution in [-0.2, 0) is 23.9 Å². The van der Waals surface area contributed by atoms with Crippen molar-refractivity contribution in [2.75, 3.05) is 20.1 Å². The number of likely N-dealkylation sites (tertiary alicyclic amines) is 1. The van der Waals surface area contributed by atoms with Gasteiger partial charge in [0.05, 0.1) is 12.1 Å². The molecule has 2 amide bonds. The highest BCUT2D eigenvalue weighted by Gasteiger charge is 2.32. The Bertz CT molecular complexity index is 887. The average Bonchev–Trinajstić information content (AvgIpc) is 3.19. The summed E-state index contributed by atoms with van der Waals surface area (Å²) in [6, 6.07) is 4.18. The molecule has 3 rings (SSSR count). The third-order valence-corrected chi connectivity index (χ3v) is 5.17. The van der Waals surface area contributed by atoms with Gasteiger partial charge < -0.3 is 14.3 Å². The monoisotopic (exact) mass is 424 g/mol. The molecule has 2 aromatic rings. The maximum Gasteiger partial charge on any atom is 0.416 e. The molecule has 1 aromatic carbocycles. The van der Waals surface area contributed by atoms with Gasteiger partial charge in [-0.2, -0.15) is 18.2 Å². The van der Waals surface area contributed by atoms with Crippen LogP contribution in [0.25, 0.3) is 0 Å². The topological polar surface area (TPSA) is 79.5 Å². The SMILES string of the molecule is CCc1noc(CN(C)C(=O)C2CCN(C(=O)c3ccc(C(F)(F)F)cc3)CC2)n1. The Morgan fingerprint density at radius 1 is 1.20 bits per heavy atom. The molecule has 1 fully saturated rings. The van der Waals surface area contributed by atoms with Gasteiger partial charge in [-0.3, -0.25) is 9.59 Å². The number of carbonyl (C=O) groups excluding carboxylic acids is 2. The normalized spacial score (nSPS) is 15.3. The number of alkyl halides is 3. The quantitative estimate of drug-likeness (QED) is 0.737. The lowest BCUT2D eigenvalue weighted by molar-refractivity contribution is -0.137. The molecule has 1 aliphatic heterocycles. The first kappa shape index (κ1) is 21.8. The van der Waals surface area contributed by atoms with Crippen LogP contribution in [-0.4, -0.2) is 51.9 Å². The Hall–Kier alpha value is -2.91. The lowest BCUT2D eigenvalue weighted by Gasteiger charge is -2.33. The summed E-state index contributed by atoms with van der Waals surface area (Å²) in [4.78, 5) is 32.5. The van der Waals surface area contributed by atoms with E-state index in [2.05, 4.69) is 10.1 Å². The number of carbonyl (C=O) groups is 2. The van der Waals surface area contributed by atoms with E-state index in [4.69, 9.17) is 4.52 Å². The fraction of sp³-hybridized carbons (Fsp3) is 0.500. The van der Waals surface area contributed by atoms with E-state index in [1.807, 2.05) is 6.92 Å². The average molecular weight is 424 g/mol. The summed E-state index contributed by atoms with van der Waals surface area (Å²) in [7, 11) is 1.66. The van der Waals surface area contributed by atoms with Gasteiger partial charge in [-0.15, -0.1) is 0 Å². The molecule has 0 aliphatic carbocycles. The second-order valence-electron chi connectivity index (χ2n) is 7.29. The summed E-state index contributed by atoms with van der Waals surface area (Å²) in [6.07, 6.45) is -2.82. The molecule has 0 spiro atoms. The minimum Gasteiger partial charge on any atom is -0.339 e. The van der Waals surface area contributed by atoms with E-state index in [0.29, 0.717) is 44.1 Å². The fourth-order valence-electron chi connectivity index (χ4n) is 3.40. The second-order valence-corrected chi connectivity index (χ2v) is 7.29. The molecule has 0 radical (unpaired) electrons. The highest BCUT2D eigenvalue weighted by atomic mass is 19.4. The molecular formula is C20H23F3N4O3. The molecule has 0 atom stereocenters. The summed E-state index contributed by atoms with van der Waals surface area (Å²) in [6.45, 7) is 2.86. The lowest BCUT2D eigenvalue weighted by atomic mass is 9.95. The van der Waals surface area contributed by atoms with Crippen LogP contribution >= 0.6 is 0 Å². The number of benzene rings is 1. The molecule has 0 saturated carbocycles. The Balaban J connectivity index is 1.53. The van der Waals surface area contributed by atoms with Gasteiger partial charge >= 0.3 is 6.18 Å². The number of rotatable bonds is 5. The van der Waals surface area contributed by atoms with Crippen molar-refractivity contribution in [2.45, 2.75) is 38.9 Å². The number of piperidine rings is 1. The van der Waals surface area contributed by atoms with Gasteiger partial charge in [-0.25, -0.2) is 0 Å². The summed E-state index contributed by atoms with van der Waals surface area (Å²) in [5.41, 5.74) is -0.591. The van der Waals surface area contributed by atoms with E-state index >= 15 is 0 Å². The summed E-state index contributed by atoms with van der Waals surface area (Å²) >= 11 is 0. The van der Waals surface area contributed by atoms with Gasteiger partial charge in [0.2, 0.25) is 11.8 Å². The van der Waals surface area contributed by atoms with Gasteiger partial charge in [-0.1, -0.05) is 12.1 Å². The zero-order valence-electron chi connectivity index (χ0n) is 16.8. The van der Waals surface area contributed by atoms with Crippen LogP contribution in [0.1, 0.15) is 47.4 Å². The number of hydrogen-bond acceptors (Lipinski definition) is 5. The highest BCUT2D eigenvalue weighted by molar-refractivity contribution is 5.94. The zero-order valence-corrected chi connectivity index (χ0v) is 16.8. The predicted molar refractivity (Wildman–Crippen MR) is 100 cm³/mol. The van der Waals surface area contributed by atoms with Crippen molar-refractivity contribution in [2.24, 2.45) is 5.92 Å². The van der Waals surface area contributed by atoms with Gasteiger partial charge in [-0.05, 0) is 37.1 Å². The number of nitrogens with zero attached hydrogens (tertiary/aromatic N) is 4. The van der Waals surface area contributed by atoms with Crippen molar-refractivity contribution in [1.82, 2.24) is 19.9 Å². The largest absolute Gasteiger partial charge is 0.416 e. The first-order valence-electron chi connectivity index (χ1n) is 9.72. The Labute approximate surface area is 171 Å². The van der Waals surface area contributed by atoms with Gasteiger partial charge in [0, 0.05) is 38.0 Å². The van der Waals surface area contributed by atoms with Crippen LogP contribution in [0, 0.1) is 5.92 Å². The number of aryl methyl sites for hydroxylation is 1. The first-order valence-corrected chi connectivity index (χ1v) is 9.72. The molecule has 1 aliphatic rings. The second kappa shape index (κ2) is 8.85. The minimum atomic E-state index is -4.44. The van der Waals surface area contributed by atoms with Crippen LogP contribution in [0.15, 0.2) is 28.8 Å². The number of hydrogen-bond donors (Lipinski definition) is 0. The fourth-order valence-corrected chi connectivity index (χ4v) is 3.40. The van der Waals surface area contributed by atoms with Gasteiger partial charge in [0.15, 0.2) is 5.82 Å². The number of aromatic nitrogens is 2. The van der Waals surface area contributed by atoms with Crippen molar-refractivity contribution in [3.8, 4) is 0 Å². The summed E-state index contributed by atoms with van der Waals surface area (Å²) < 4.78 is 43.1. The zero-order chi connectivity index (χ0) is 21.9. The van der Waals surface area contributed by atoms with Crippen molar-refractivity contribution < 1.29 is 27.3 Å². The van der Waals surface area contributed by atoms with Crippen LogP contribution in [0.2, 0.25) is 0 Å². The maximum atomic E-state index is 12.7. The first-order chi connectivity index (χ1) is 14.2. The molecular weight excluding hydrogens is 401 g/mol. The maximum absolute atomic E-state index is 12.7. The molecule has 0 bridgehead atoms. The molecule has 2 heterocycles. The van der Waals surface area contributed by atoms with E-state index in [9.17, 15) is 22.8 Å². The summed E-state index contributed by atoms with van der Waals surface area (Å²) in [5.74, 6) is 0.326. The van der Waals surface area contributed by atoms with Crippen molar-refractivity contribution in [3.63, 3.8) is 0 Å². The van der Waals surface area contributed by atoms with Crippen molar-refractivity contribution in [3.05, 3.63) is 47.1 Å². The summed E-state index contributed by atoms with van der Waals surface area (Å²) in [5, 5.41) is 3.81. The highest BCUT2D eigenvalue weighted by Crippen LogP contribution is 2.29. The van der Waals surface area contributed by atoms with E-state index in [1.54, 1.807) is 11.9 Å². The van der Waals surface area contributed by atoms with Crippen molar-refractivity contribution >= 4 is 11.8 Å². The molecule has 7 nitrogen and oxygen atoms in total. The molecule has 162 valence electrons. The van der Waals surface area contributed by atoms with Crippen LogP contribution in [0.5, 0.6) is 0 Å². The molecule has 0 unspecified atom stereocenters. The third-order valence-electron chi connectivity index (χ3n) is 5.17. The van der Waals surface area contributed by atoms with Gasteiger partial charge in [0.1, 0.15) is 0 Å². The van der Waals surface area contributed by atoms with E-state index < -0.39 is 11.7 Å². The van der Waals surface area contributed by atoms with Crippen LogP contribution in [0.4, 0.5) is 13.2 Å². The molecule has 1 saturated heterocycles. The van der Waals surface area contributed by atoms with E-state index in [0.717, 1.165) is 12.1 Å². The van der Waals surface area contributed by atoms with Crippen molar-refractivity contribution in [1.29, 1.82) is 0 Å². The lowest BCUT2D eigenvalue weighted by Crippen LogP contribution is -2.43. The third kappa shape index (κ3) is 4.98. The number of amides is 2. The van der Waals surface area contributed by atoms with Gasteiger partial charge in [0.25, 0.3) is 5.91 Å². The van der Waals surface area contributed by atoms with Crippen LogP contribution in [0.3, 0.4) is 0 Å². The Kier molecular flexibility index (Phi) is 6.42. The smallest absolute Gasteiger partial charge is 0.339 e. The molecule has 30 heavy (non-hydrogen) atoms.